The molecule has 0 spiro atoms. The molecule has 4 rings (SSSR count). The SMILES string of the molecule is Cc1nc(-c2ccc(CNC(=O)c3cccc(OC(F)(F)F)c3)c(NCC(=O)OCc3ccccc3)c2)no1. The van der Waals surface area contributed by atoms with Crippen LogP contribution in [0.3, 0.4) is 0 Å². The van der Waals surface area contributed by atoms with Crippen LogP contribution < -0.4 is 15.4 Å². The minimum atomic E-state index is -4.88. The van der Waals surface area contributed by atoms with Gasteiger partial charge < -0.3 is 24.6 Å². The van der Waals surface area contributed by atoms with Crippen molar-refractivity contribution in [2.75, 3.05) is 11.9 Å². The van der Waals surface area contributed by atoms with Crippen LogP contribution in [0.4, 0.5) is 18.9 Å². The van der Waals surface area contributed by atoms with E-state index in [0.29, 0.717) is 28.5 Å². The summed E-state index contributed by atoms with van der Waals surface area (Å²) in [4.78, 5) is 29.2. The number of carbonyl (C=O) groups is 2. The van der Waals surface area contributed by atoms with Crippen molar-refractivity contribution in [3.8, 4) is 17.1 Å². The van der Waals surface area contributed by atoms with E-state index in [-0.39, 0.29) is 25.3 Å². The molecule has 0 aliphatic heterocycles. The van der Waals surface area contributed by atoms with Crippen molar-refractivity contribution >= 4 is 17.6 Å². The molecule has 202 valence electrons. The zero-order chi connectivity index (χ0) is 27.8. The Morgan fingerprint density at radius 3 is 2.51 bits per heavy atom. The van der Waals surface area contributed by atoms with Gasteiger partial charge in [-0.25, -0.2) is 0 Å². The maximum absolute atomic E-state index is 12.6. The second-order valence-electron chi connectivity index (χ2n) is 8.27. The molecule has 9 nitrogen and oxygen atoms in total. The first-order valence-corrected chi connectivity index (χ1v) is 11.7. The molecule has 3 aromatic carbocycles. The van der Waals surface area contributed by atoms with Crippen molar-refractivity contribution in [1.29, 1.82) is 0 Å². The molecule has 0 bridgehead atoms. The molecule has 0 radical (unpaired) electrons. The van der Waals surface area contributed by atoms with Crippen LogP contribution in [-0.4, -0.2) is 34.9 Å². The van der Waals surface area contributed by atoms with Crippen LogP contribution in [-0.2, 0) is 22.7 Å². The molecular weight excluding hydrogens is 517 g/mol. The van der Waals surface area contributed by atoms with Gasteiger partial charge in [0, 0.05) is 30.3 Å². The lowest BCUT2D eigenvalue weighted by Gasteiger charge is -2.14. The van der Waals surface area contributed by atoms with Gasteiger partial charge in [0.2, 0.25) is 11.7 Å². The Kier molecular flexibility index (Phi) is 8.44. The standard InChI is InChI=1S/C27H23F3N4O5/c1-17-33-25(34-39-17)19-10-11-21(14-32-26(36)20-8-5-9-22(12-20)38-27(28,29)30)23(13-19)31-15-24(35)37-16-18-6-3-2-4-7-18/h2-13,31H,14-16H2,1H3,(H,32,36). The van der Waals surface area contributed by atoms with Gasteiger partial charge in [0.05, 0.1) is 0 Å². The first-order valence-electron chi connectivity index (χ1n) is 11.7. The molecule has 0 saturated heterocycles. The first kappa shape index (κ1) is 27.2. The highest BCUT2D eigenvalue weighted by Gasteiger charge is 2.31. The molecule has 1 aromatic heterocycles. The summed E-state index contributed by atoms with van der Waals surface area (Å²) in [7, 11) is 0. The van der Waals surface area contributed by atoms with E-state index in [0.717, 1.165) is 17.7 Å². The predicted molar refractivity (Wildman–Crippen MR) is 133 cm³/mol. The number of carbonyl (C=O) groups excluding carboxylic acids is 2. The second kappa shape index (κ2) is 12.1. The second-order valence-corrected chi connectivity index (χ2v) is 8.27. The third kappa shape index (κ3) is 8.06. The van der Waals surface area contributed by atoms with Gasteiger partial charge in [-0.2, -0.15) is 4.98 Å². The van der Waals surface area contributed by atoms with Crippen LogP contribution >= 0.6 is 0 Å². The summed E-state index contributed by atoms with van der Waals surface area (Å²) < 4.78 is 51.8. The minimum Gasteiger partial charge on any atom is -0.460 e. The highest BCUT2D eigenvalue weighted by atomic mass is 19.4. The number of halogens is 3. The van der Waals surface area contributed by atoms with Crippen molar-refractivity contribution in [2.24, 2.45) is 0 Å². The number of esters is 1. The van der Waals surface area contributed by atoms with Crippen LogP contribution in [0.15, 0.2) is 77.3 Å². The molecule has 0 fully saturated rings. The first-order chi connectivity index (χ1) is 18.7. The number of hydrogen-bond donors (Lipinski definition) is 2. The van der Waals surface area contributed by atoms with E-state index in [1.165, 1.54) is 12.1 Å². The average Bonchev–Trinajstić information content (AvgIpc) is 3.35. The lowest BCUT2D eigenvalue weighted by molar-refractivity contribution is -0.274. The number of aromatic nitrogens is 2. The van der Waals surface area contributed by atoms with Gasteiger partial charge in [0.25, 0.3) is 5.91 Å². The highest BCUT2D eigenvalue weighted by Crippen LogP contribution is 2.25. The molecule has 0 aliphatic rings. The Hall–Kier alpha value is -4.87. The predicted octanol–water partition coefficient (Wildman–Crippen LogP) is 5.03. The largest absolute Gasteiger partial charge is 0.573 e. The third-order valence-electron chi connectivity index (χ3n) is 5.33. The summed E-state index contributed by atoms with van der Waals surface area (Å²) >= 11 is 0. The maximum atomic E-state index is 12.6. The zero-order valence-corrected chi connectivity index (χ0v) is 20.6. The number of hydrogen-bond acceptors (Lipinski definition) is 8. The number of anilines is 1. The van der Waals surface area contributed by atoms with Crippen molar-refractivity contribution in [3.05, 3.63) is 95.4 Å². The van der Waals surface area contributed by atoms with Gasteiger partial charge in [-0.15, -0.1) is 13.2 Å². The number of rotatable bonds is 10. The monoisotopic (exact) mass is 540 g/mol. The molecule has 4 aromatic rings. The Morgan fingerprint density at radius 1 is 1.00 bits per heavy atom. The molecule has 0 unspecified atom stereocenters. The number of nitrogens with zero attached hydrogens (tertiary/aromatic N) is 2. The number of alkyl halides is 3. The lowest BCUT2D eigenvalue weighted by Crippen LogP contribution is -2.24. The molecule has 0 atom stereocenters. The summed E-state index contributed by atoms with van der Waals surface area (Å²) in [6.07, 6.45) is -4.88. The van der Waals surface area contributed by atoms with E-state index in [2.05, 4.69) is 25.5 Å². The normalized spacial score (nSPS) is 11.1. The van der Waals surface area contributed by atoms with Crippen LogP contribution in [0.2, 0.25) is 0 Å². The lowest BCUT2D eigenvalue weighted by atomic mass is 10.1. The van der Waals surface area contributed by atoms with Crippen molar-refractivity contribution < 1.29 is 36.8 Å². The maximum Gasteiger partial charge on any atom is 0.573 e. The van der Waals surface area contributed by atoms with Crippen molar-refractivity contribution in [1.82, 2.24) is 15.5 Å². The molecule has 12 heteroatoms. The zero-order valence-electron chi connectivity index (χ0n) is 20.6. The fourth-order valence-electron chi connectivity index (χ4n) is 3.52. The summed E-state index contributed by atoms with van der Waals surface area (Å²) in [5.74, 6) is -0.924. The van der Waals surface area contributed by atoms with E-state index >= 15 is 0 Å². The van der Waals surface area contributed by atoms with Gasteiger partial charge in [-0.1, -0.05) is 53.7 Å². The fourth-order valence-corrected chi connectivity index (χ4v) is 3.52. The van der Waals surface area contributed by atoms with Gasteiger partial charge in [0.15, 0.2) is 0 Å². The van der Waals surface area contributed by atoms with Gasteiger partial charge in [0.1, 0.15) is 18.9 Å². The van der Waals surface area contributed by atoms with E-state index in [1.54, 1.807) is 25.1 Å². The average molecular weight is 540 g/mol. The van der Waals surface area contributed by atoms with Crippen LogP contribution in [0.1, 0.15) is 27.4 Å². The van der Waals surface area contributed by atoms with E-state index in [9.17, 15) is 22.8 Å². The Labute approximate surface area is 220 Å². The van der Waals surface area contributed by atoms with Gasteiger partial charge in [-0.05, 0) is 35.4 Å². The van der Waals surface area contributed by atoms with Crippen molar-refractivity contribution in [3.63, 3.8) is 0 Å². The number of ether oxygens (including phenoxy) is 2. The van der Waals surface area contributed by atoms with Crippen molar-refractivity contribution in [2.45, 2.75) is 26.4 Å². The van der Waals surface area contributed by atoms with E-state index in [4.69, 9.17) is 9.26 Å². The Bertz CT molecular complexity index is 1440. The number of benzene rings is 3. The summed E-state index contributed by atoms with van der Waals surface area (Å²) in [6, 6.07) is 19.0. The smallest absolute Gasteiger partial charge is 0.460 e. The van der Waals surface area contributed by atoms with E-state index in [1.807, 2.05) is 30.3 Å². The number of amides is 1. The van der Waals surface area contributed by atoms with Crippen LogP contribution in [0.5, 0.6) is 5.75 Å². The van der Waals surface area contributed by atoms with Gasteiger partial charge in [-0.3, -0.25) is 9.59 Å². The van der Waals surface area contributed by atoms with Crippen LogP contribution in [0, 0.1) is 6.92 Å². The number of nitrogens with one attached hydrogen (secondary N) is 2. The summed E-state index contributed by atoms with van der Waals surface area (Å²) in [5.41, 5.74) is 2.49. The molecule has 39 heavy (non-hydrogen) atoms. The number of aryl methyl sites for hydroxylation is 1. The van der Waals surface area contributed by atoms with Crippen LogP contribution in [0.25, 0.3) is 11.4 Å². The minimum absolute atomic E-state index is 0.00383. The van der Waals surface area contributed by atoms with Gasteiger partial charge >= 0.3 is 12.3 Å². The molecular formula is C27H23F3N4O5. The molecule has 1 amide bonds. The topological polar surface area (TPSA) is 116 Å². The molecule has 2 N–H and O–H groups in total. The molecule has 0 saturated carbocycles. The summed E-state index contributed by atoms with van der Waals surface area (Å²) in [6.45, 7) is 1.59. The quantitative estimate of drug-likeness (QED) is 0.269. The van der Waals surface area contributed by atoms with E-state index < -0.39 is 24.0 Å². The highest BCUT2D eigenvalue weighted by molar-refractivity contribution is 5.94. The third-order valence-corrected chi connectivity index (χ3v) is 5.33. The Balaban J connectivity index is 1.45. The fraction of sp³-hybridized carbons (Fsp3) is 0.185. The molecule has 1 heterocycles. The molecule has 0 aliphatic carbocycles. The summed E-state index contributed by atoms with van der Waals surface area (Å²) in [5, 5.41) is 9.56. The Morgan fingerprint density at radius 2 is 1.79 bits per heavy atom.